The lowest BCUT2D eigenvalue weighted by atomic mass is 9.85. The molecule has 0 saturated heterocycles. The van der Waals surface area contributed by atoms with Gasteiger partial charge in [-0.25, -0.2) is 0 Å². The SMILES string of the molecule is CCCNc1cccc(OC2CCCC(CC)C2)n1. The third-order valence-corrected chi connectivity index (χ3v) is 3.88. The average molecular weight is 262 g/mol. The van der Waals surface area contributed by atoms with Gasteiger partial charge in [-0.15, -0.1) is 0 Å². The first kappa shape index (κ1) is 14.2. The summed E-state index contributed by atoms with van der Waals surface area (Å²) in [5.74, 6) is 2.52. The molecule has 3 nitrogen and oxygen atoms in total. The maximum Gasteiger partial charge on any atom is 0.215 e. The molecule has 2 unspecified atom stereocenters. The average Bonchev–Trinajstić information content (AvgIpc) is 2.46. The molecule has 1 aromatic heterocycles. The zero-order valence-electron chi connectivity index (χ0n) is 12.2. The van der Waals surface area contributed by atoms with Crippen molar-refractivity contribution in [3.8, 4) is 5.88 Å². The standard InChI is InChI=1S/C16H26N2O/c1-3-11-17-15-9-6-10-16(18-15)19-14-8-5-7-13(4-2)12-14/h6,9-10,13-14H,3-5,7-8,11-12H2,1-2H3,(H,17,18). The lowest BCUT2D eigenvalue weighted by Gasteiger charge is -2.28. The van der Waals surface area contributed by atoms with Gasteiger partial charge in [0.05, 0.1) is 0 Å². The van der Waals surface area contributed by atoms with Gasteiger partial charge in [0.2, 0.25) is 5.88 Å². The number of nitrogens with zero attached hydrogens (tertiary/aromatic N) is 1. The lowest BCUT2D eigenvalue weighted by molar-refractivity contribution is 0.117. The van der Waals surface area contributed by atoms with E-state index < -0.39 is 0 Å². The number of hydrogen-bond acceptors (Lipinski definition) is 3. The molecule has 0 radical (unpaired) electrons. The van der Waals surface area contributed by atoms with E-state index in [0.717, 1.165) is 30.6 Å². The second kappa shape index (κ2) is 7.37. The van der Waals surface area contributed by atoms with E-state index in [1.165, 1.54) is 32.1 Å². The summed E-state index contributed by atoms with van der Waals surface area (Å²) in [5, 5.41) is 3.30. The van der Waals surface area contributed by atoms with Gasteiger partial charge in [0.15, 0.2) is 0 Å². The van der Waals surface area contributed by atoms with Gasteiger partial charge in [-0.1, -0.05) is 32.8 Å². The summed E-state index contributed by atoms with van der Waals surface area (Å²) < 4.78 is 6.06. The second-order valence-corrected chi connectivity index (χ2v) is 5.47. The molecule has 19 heavy (non-hydrogen) atoms. The Kier molecular flexibility index (Phi) is 5.49. The Hall–Kier alpha value is -1.25. The predicted molar refractivity (Wildman–Crippen MR) is 79.7 cm³/mol. The molecular weight excluding hydrogens is 236 g/mol. The van der Waals surface area contributed by atoms with E-state index in [-0.39, 0.29) is 0 Å². The van der Waals surface area contributed by atoms with Gasteiger partial charge < -0.3 is 10.1 Å². The van der Waals surface area contributed by atoms with Gasteiger partial charge in [-0.3, -0.25) is 0 Å². The Morgan fingerprint density at radius 3 is 3.00 bits per heavy atom. The molecule has 1 N–H and O–H groups in total. The first-order chi connectivity index (χ1) is 9.31. The van der Waals surface area contributed by atoms with Crippen molar-refractivity contribution in [1.29, 1.82) is 0 Å². The number of ether oxygens (including phenoxy) is 1. The van der Waals surface area contributed by atoms with Crippen molar-refractivity contribution < 1.29 is 4.74 Å². The molecule has 106 valence electrons. The van der Waals surface area contributed by atoms with E-state index in [9.17, 15) is 0 Å². The van der Waals surface area contributed by atoms with Crippen LogP contribution in [0.15, 0.2) is 18.2 Å². The Balaban J connectivity index is 1.90. The van der Waals surface area contributed by atoms with Crippen LogP contribution in [0.2, 0.25) is 0 Å². The molecule has 1 fully saturated rings. The van der Waals surface area contributed by atoms with Crippen LogP contribution in [0.4, 0.5) is 5.82 Å². The van der Waals surface area contributed by atoms with E-state index in [0.29, 0.717) is 6.10 Å². The maximum absolute atomic E-state index is 6.06. The second-order valence-electron chi connectivity index (χ2n) is 5.47. The fraction of sp³-hybridized carbons (Fsp3) is 0.688. The first-order valence-electron chi connectivity index (χ1n) is 7.69. The van der Waals surface area contributed by atoms with Crippen molar-refractivity contribution in [2.75, 3.05) is 11.9 Å². The topological polar surface area (TPSA) is 34.1 Å². The highest BCUT2D eigenvalue weighted by Gasteiger charge is 2.22. The fourth-order valence-electron chi connectivity index (χ4n) is 2.72. The number of anilines is 1. The van der Waals surface area contributed by atoms with Crippen LogP contribution in [-0.4, -0.2) is 17.6 Å². The number of hydrogen-bond donors (Lipinski definition) is 1. The van der Waals surface area contributed by atoms with Crippen molar-refractivity contribution in [3.05, 3.63) is 18.2 Å². The normalized spacial score (nSPS) is 23.1. The Bertz CT molecular complexity index is 381. The summed E-state index contributed by atoms with van der Waals surface area (Å²) >= 11 is 0. The highest BCUT2D eigenvalue weighted by atomic mass is 16.5. The van der Waals surface area contributed by atoms with Crippen LogP contribution in [0.1, 0.15) is 52.4 Å². The monoisotopic (exact) mass is 262 g/mol. The summed E-state index contributed by atoms with van der Waals surface area (Å²) in [6.07, 6.45) is 7.74. The molecule has 2 atom stereocenters. The summed E-state index contributed by atoms with van der Waals surface area (Å²) in [7, 11) is 0. The smallest absolute Gasteiger partial charge is 0.215 e. The Labute approximate surface area is 116 Å². The minimum Gasteiger partial charge on any atom is -0.474 e. The van der Waals surface area contributed by atoms with E-state index in [1.54, 1.807) is 0 Å². The van der Waals surface area contributed by atoms with Crippen LogP contribution in [0.3, 0.4) is 0 Å². The largest absolute Gasteiger partial charge is 0.474 e. The summed E-state index contributed by atoms with van der Waals surface area (Å²) in [5.41, 5.74) is 0. The minimum absolute atomic E-state index is 0.354. The molecule has 0 aromatic carbocycles. The van der Waals surface area contributed by atoms with Crippen LogP contribution in [-0.2, 0) is 0 Å². The van der Waals surface area contributed by atoms with Crippen molar-refractivity contribution in [1.82, 2.24) is 4.98 Å². The molecule has 1 aliphatic rings. The highest BCUT2D eigenvalue weighted by molar-refractivity contribution is 5.36. The summed E-state index contributed by atoms with van der Waals surface area (Å²) in [4.78, 5) is 4.52. The van der Waals surface area contributed by atoms with Crippen molar-refractivity contribution in [2.24, 2.45) is 5.92 Å². The molecule has 0 amide bonds. The molecule has 1 saturated carbocycles. The molecule has 0 bridgehead atoms. The van der Waals surface area contributed by atoms with E-state index >= 15 is 0 Å². The maximum atomic E-state index is 6.06. The van der Waals surface area contributed by atoms with E-state index in [4.69, 9.17) is 4.74 Å². The molecule has 0 aliphatic heterocycles. The van der Waals surface area contributed by atoms with Gasteiger partial charge in [0, 0.05) is 12.6 Å². The van der Waals surface area contributed by atoms with Gasteiger partial charge in [-0.2, -0.15) is 4.98 Å². The van der Waals surface area contributed by atoms with Crippen molar-refractivity contribution >= 4 is 5.82 Å². The highest BCUT2D eigenvalue weighted by Crippen LogP contribution is 2.29. The zero-order chi connectivity index (χ0) is 13.5. The molecule has 0 spiro atoms. The first-order valence-corrected chi connectivity index (χ1v) is 7.69. The van der Waals surface area contributed by atoms with Crippen LogP contribution in [0.5, 0.6) is 5.88 Å². The zero-order valence-corrected chi connectivity index (χ0v) is 12.2. The minimum atomic E-state index is 0.354. The number of aromatic nitrogens is 1. The van der Waals surface area contributed by atoms with Gasteiger partial charge >= 0.3 is 0 Å². The predicted octanol–water partition coefficient (Wildman–Crippen LogP) is 4.25. The van der Waals surface area contributed by atoms with E-state index in [2.05, 4.69) is 24.1 Å². The van der Waals surface area contributed by atoms with Gasteiger partial charge in [0.25, 0.3) is 0 Å². The van der Waals surface area contributed by atoms with Crippen LogP contribution >= 0.6 is 0 Å². The third-order valence-electron chi connectivity index (χ3n) is 3.88. The van der Waals surface area contributed by atoms with Crippen LogP contribution in [0.25, 0.3) is 0 Å². The van der Waals surface area contributed by atoms with Gasteiger partial charge in [-0.05, 0) is 37.7 Å². The summed E-state index contributed by atoms with van der Waals surface area (Å²) in [6.45, 7) is 5.39. The van der Waals surface area contributed by atoms with Crippen LogP contribution < -0.4 is 10.1 Å². The molecular formula is C16H26N2O. The number of rotatable bonds is 6. The Morgan fingerprint density at radius 1 is 1.32 bits per heavy atom. The van der Waals surface area contributed by atoms with Gasteiger partial charge in [0.1, 0.15) is 11.9 Å². The van der Waals surface area contributed by atoms with Crippen molar-refractivity contribution in [2.45, 2.75) is 58.5 Å². The van der Waals surface area contributed by atoms with E-state index in [1.807, 2.05) is 18.2 Å². The quantitative estimate of drug-likeness (QED) is 0.832. The fourth-order valence-corrected chi connectivity index (χ4v) is 2.72. The molecule has 1 aliphatic carbocycles. The molecule has 2 rings (SSSR count). The third kappa shape index (κ3) is 4.41. The number of nitrogens with one attached hydrogen (secondary N) is 1. The Morgan fingerprint density at radius 2 is 2.21 bits per heavy atom. The van der Waals surface area contributed by atoms with Crippen molar-refractivity contribution in [3.63, 3.8) is 0 Å². The molecule has 3 heteroatoms. The lowest BCUT2D eigenvalue weighted by Crippen LogP contribution is -2.25. The molecule has 1 heterocycles. The number of pyridine rings is 1. The summed E-state index contributed by atoms with van der Waals surface area (Å²) in [6, 6.07) is 5.98. The molecule has 1 aromatic rings. The van der Waals surface area contributed by atoms with Crippen LogP contribution in [0, 0.1) is 5.92 Å².